The molecule has 6 nitrogen and oxygen atoms in total. The molecule has 0 saturated carbocycles. The number of hydrogen-bond donors (Lipinski definition) is 2. The van der Waals surface area contributed by atoms with Crippen molar-refractivity contribution in [2.24, 2.45) is 0 Å². The van der Waals surface area contributed by atoms with E-state index in [0.717, 1.165) is 28.6 Å². The summed E-state index contributed by atoms with van der Waals surface area (Å²) < 4.78 is 0.551. The van der Waals surface area contributed by atoms with E-state index in [2.05, 4.69) is 43.5 Å². The maximum Gasteiger partial charge on any atom is 0.271 e. The lowest BCUT2D eigenvalue weighted by molar-refractivity contribution is -0.116. The molecule has 0 aliphatic carbocycles. The van der Waals surface area contributed by atoms with Gasteiger partial charge in [-0.1, -0.05) is 49.0 Å². The number of rotatable bonds is 9. The van der Waals surface area contributed by atoms with Crippen molar-refractivity contribution < 1.29 is 9.59 Å². The van der Waals surface area contributed by atoms with Crippen LogP contribution in [0.3, 0.4) is 0 Å². The van der Waals surface area contributed by atoms with Crippen LogP contribution in [0, 0.1) is 0 Å². The standard InChI is InChI=1S/C22H23BrN4O2S/c1-2-12-30-22-25-14-18(23)20(27-22)21(29)24-11-5-8-19(28)26-17-10-9-15-6-3-4-7-16(15)13-17/h3-4,6-7,9-10,13-14H,2,5,8,11-12H2,1H3,(H,24,29)(H,26,28). The SMILES string of the molecule is CCCSc1ncc(Br)c(C(=O)NCCCC(=O)Nc2ccc3ccccc3c2)n1. The first kappa shape index (κ1) is 22.2. The van der Waals surface area contributed by atoms with Gasteiger partial charge in [-0.05, 0) is 51.7 Å². The molecule has 0 radical (unpaired) electrons. The Morgan fingerprint density at radius 3 is 2.73 bits per heavy atom. The van der Waals surface area contributed by atoms with Crippen LogP contribution >= 0.6 is 27.7 Å². The number of hydrogen-bond acceptors (Lipinski definition) is 5. The number of carbonyl (C=O) groups excluding carboxylic acids is 2. The molecule has 0 bridgehead atoms. The lowest BCUT2D eigenvalue weighted by Crippen LogP contribution is -2.27. The molecule has 2 amide bonds. The summed E-state index contributed by atoms with van der Waals surface area (Å²) in [6.45, 7) is 2.47. The van der Waals surface area contributed by atoms with Gasteiger partial charge in [0.05, 0.1) is 4.47 Å². The number of halogens is 1. The normalized spacial score (nSPS) is 10.7. The summed E-state index contributed by atoms with van der Waals surface area (Å²) in [7, 11) is 0. The fourth-order valence-corrected chi connectivity index (χ4v) is 3.84. The van der Waals surface area contributed by atoms with Crippen molar-refractivity contribution in [2.45, 2.75) is 31.3 Å². The van der Waals surface area contributed by atoms with Crippen molar-refractivity contribution in [3.8, 4) is 0 Å². The van der Waals surface area contributed by atoms with Crippen LogP contribution in [-0.4, -0.2) is 34.1 Å². The molecule has 8 heteroatoms. The molecule has 30 heavy (non-hydrogen) atoms. The highest BCUT2D eigenvalue weighted by Gasteiger charge is 2.14. The molecule has 0 saturated heterocycles. The van der Waals surface area contributed by atoms with Crippen LogP contribution in [0.2, 0.25) is 0 Å². The highest BCUT2D eigenvalue weighted by molar-refractivity contribution is 9.10. The van der Waals surface area contributed by atoms with Crippen LogP contribution in [-0.2, 0) is 4.79 Å². The number of nitrogens with one attached hydrogen (secondary N) is 2. The van der Waals surface area contributed by atoms with Gasteiger partial charge in [-0.25, -0.2) is 9.97 Å². The van der Waals surface area contributed by atoms with Crippen LogP contribution in [0.4, 0.5) is 5.69 Å². The molecule has 0 aliphatic heterocycles. The topological polar surface area (TPSA) is 84.0 Å². The molecule has 0 atom stereocenters. The zero-order chi connectivity index (χ0) is 21.3. The molecular formula is C22H23BrN4O2S. The highest BCUT2D eigenvalue weighted by atomic mass is 79.9. The van der Waals surface area contributed by atoms with Crippen molar-refractivity contribution in [2.75, 3.05) is 17.6 Å². The predicted octanol–water partition coefficient (Wildman–Crippen LogP) is 5.04. The summed E-state index contributed by atoms with van der Waals surface area (Å²) in [6.07, 6.45) is 3.45. The van der Waals surface area contributed by atoms with Crippen LogP contribution in [0.25, 0.3) is 10.8 Å². The Balaban J connectivity index is 1.46. The minimum absolute atomic E-state index is 0.0824. The smallest absolute Gasteiger partial charge is 0.271 e. The fourth-order valence-electron chi connectivity index (χ4n) is 2.80. The van der Waals surface area contributed by atoms with Crippen LogP contribution in [0.1, 0.15) is 36.7 Å². The molecule has 1 heterocycles. The van der Waals surface area contributed by atoms with Gasteiger partial charge in [-0.15, -0.1) is 0 Å². The number of aromatic nitrogens is 2. The molecule has 3 aromatic rings. The first-order chi connectivity index (χ1) is 14.6. The second-order valence-corrected chi connectivity index (χ2v) is 8.58. The van der Waals surface area contributed by atoms with Crippen LogP contribution in [0.5, 0.6) is 0 Å². The largest absolute Gasteiger partial charge is 0.351 e. The Hall–Kier alpha value is -2.45. The molecule has 2 aromatic carbocycles. The van der Waals surface area contributed by atoms with Gasteiger partial charge in [0, 0.05) is 30.6 Å². The van der Waals surface area contributed by atoms with E-state index in [0.29, 0.717) is 34.7 Å². The van der Waals surface area contributed by atoms with Crippen molar-refractivity contribution in [3.05, 3.63) is 58.8 Å². The van der Waals surface area contributed by atoms with E-state index < -0.39 is 0 Å². The number of thioether (sulfide) groups is 1. The number of amides is 2. The highest BCUT2D eigenvalue weighted by Crippen LogP contribution is 2.20. The van der Waals surface area contributed by atoms with Crippen molar-refractivity contribution >= 4 is 56.0 Å². The average Bonchev–Trinajstić information content (AvgIpc) is 2.76. The Bertz CT molecular complexity index is 1040. The fraction of sp³-hybridized carbons (Fsp3) is 0.273. The Kier molecular flexibility index (Phi) is 8.21. The minimum Gasteiger partial charge on any atom is -0.351 e. The first-order valence-corrected chi connectivity index (χ1v) is 11.6. The van der Waals surface area contributed by atoms with Gasteiger partial charge in [0.25, 0.3) is 5.91 Å². The Morgan fingerprint density at radius 2 is 1.93 bits per heavy atom. The lowest BCUT2D eigenvalue weighted by atomic mass is 10.1. The zero-order valence-corrected chi connectivity index (χ0v) is 19.1. The Labute approximate surface area is 188 Å². The number of benzene rings is 2. The first-order valence-electron chi connectivity index (χ1n) is 9.79. The van der Waals surface area contributed by atoms with Crippen molar-refractivity contribution in [3.63, 3.8) is 0 Å². The second kappa shape index (κ2) is 11.1. The number of nitrogens with zero attached hydrogens (tertiary/aromatic N) is 2. The number of carbonyl (C=O) groups is 2. The molecule has 2 N–H and O–H groups in total. The van der Waals surface area contributed by atoms with E-state index in [-0.39, 0.29) is 11.8 Å². The molecule has 3 rings (SSSR count). The monoisotopic (exact) mass is 486 g/mol. The summed E-state index contributed by atoms with van der Waals surface area (Å²) in [5.74, 6) is 0.535. The Morgan fingerprint density at radius 1 is 1.13 bits per heavy atom. The van der Waals surface area contributed by atoms with Gasteiger partial charge in [0.1, 0.15) is 5.69 Å². The summed E-state index contributed by atoms with van der Waals surface area (Å²) in [5, 5.41) is 8.52. The van der Waals surface area contributed by atoms with E-state index >= 15 is 0 Å². The van der Waals surface area contributed by atoms with E-state index in [1.807, 2.05) is 42.5 Å². The van der Waals surface area contributed by atoms with E-state index in [1.54, 1.807) is 6.20 Å². The van der Waals surface area contributed by atoms with Crippen molar-refractivity contribution in [1.29, 1.82) is 0 Å². The third-order valence-corrected chi connectivity index (χ3v) is 5.92. The lowest BCUT2D eigenvalue weighted by Gasteiger charge is -2.08. The van der Waals surface area contributed by atoms with Gasteiger partial charge in [-0.3, -0.25) is 9.59 Å². The molecule has 156 valence electrons. The summed E-state index contributed by atoms with van der Waals surface area (Å²) in [4.78, 5) is 33.1. The third kappa shape index (κ3) is 6.27. The molecule has 0 fully saturated rings. The summed E-state index contributed by atoms with van der Waals surface area (Å²) >= 11 is 4.84. The van der Waals surface area contributed by atoms with E-state index in [1.165, 1.54) is 11.8 Å². The van der Waals surface area contributed by atoms with Crippen LogP contribution < -0.4 is 10.6 Å². The number of fused-ring (bicyclic) bond motifs is 1. The van der Waals surface area contributed by atoms with Gasteiger partial charge in [0.2, 0.25) is 5.91 Å². The average molecular weight is 487 g/mol. The van der Waals surface area contributed by atoms with Crippen LogP contribution in [0.15, 0.2) is 58.3 Å². The van der Waals surface area contributed by atoms with Gasteiger partial charge in [-0.2, -0.15) is 0 Å². The maximum atomic E-state index is 12.4. The molecule has 0 aliphatic rings. The second-order valence-electron chi connectivity index (χ2n) is 6.67. The number of anilines is 1. The summed E-state index contributed by atoms with van der Waals surface area (Å²) in [5.41, 5.74) is 1.08. The summed E-state index contributed by atoms with van der Waals surface area (Å²) in [6, 6.07) is 13.8. The predicted molar refractivity (Wildman–Crippen MR) is 125 cm³/mol. The molecule has 1 aromatic heterocycles. The van der Waals surface area contributed by atoms with E-state index in [9.17, 15) is 9.59 Å². The zero-order valence-electron chi connectivity index (χ0n) is 16.7. The molecule has 0 spiro atoms. The minimum atomic E-state index is -0.280. The third-order valence-electron chi connectivity index (χ3n) is 4.27. The van der Waals surface area contributed by atoms with Gasteiger partial charge >= 0.3 is 0 Å². The van der Waals surface area contributed by atoms with Crippen molar-refractivity contribution in [1.82, 2.24) is 15.3 Å². The van der Waals surface area contributed by atoms with E-state index in [4.69, 9.17) is 0 Å². The molecular weight excluding hydrogens is 464 g/mol. The van der Waals surface area contributed by atoms with Gasteiger partial charge < -0.3 is 10.6 Å². The maximum absolute atomic E-state index is 12.4. The van der Waals surface area contributed by atoms with Gasteiger partial charge in [0.15, 0.2) is 5.16 Å². The quantitative estimate of drug-likeness (QED) is 0.251. The molecule has 0 unspecified atom stereocenters.